The molecule has 3 aromatic carbocycles. The second kappa shape index (κ2) is 11.4. The minimum Gasteiger partial charge on any atom is -0.493 e. The van der Waals surface area contributed by atoms with Gasteiger partial charge in [-0.1, -0.05) is 66.7 Å². The van der Waals surface area contributed by atoms with Gasteiger partial charge < -0.3 is 18.8 Å². The minimum absolute atomic E-state index is 0.305. The van der Waals surface area contributed by atoms with Gasteiger partial charge in [-0.25, -0.2) is 4.79 Å². The van der Waals surface area contributed by atoms with Gasteiger partial charge >= 0.3 is 5.97 Å². The van der Waals surface area contributed by atoms with Crippen molar-refractivity contribution in [2.45, 2.75) is 32.9 Å². The minimum atomic E-state index is -0.305. The molecular weight excluding hydrogens is 502 g/mol. The molecule has 0 unspecified atom stereocenters. The fraction of sp³-hybridized carbons (Fsp3) is 0.273. The number of hydrogen-bond donors (Lipinski definition) is 0. The van der Waals surface area contributed by atoms with Crippen LogP contribution in [0.3, 0.4) is 0 Å². The second-order valence-electron chi connectivity index (χ2n) is 9.90. The van der Waals surface area contributed by atoms with E-state index in [1.165, 1.54) is 0 Å². The first-order valence-corrected chi connectivity index (χ1v) is 13.8. The van der Waals surface area contributed by atoms with Gasteiger partial charge in [0.25, 0.3) is 0 Å². The maximum Gasteiger partial charge on any atom is 0.355 e. The van der Waals surface area contributed by atoms with Crippen molar-refractivity contribution in [1.82, 2.24) is 14.3 Å². The summed E-state index contributed by atoms with van der Waals surface area (Å²) >= 11 is 0. The first kappa shape index (κ1) is 25.9. The summed E-state index contributed by atoms with van der Waals surface area (Å²) in [7, 11) is 1.93. The largest absolute Gasteiger partial charge is 0.493 e. The van der Waals surface area contributed by atoms with Gasteiger partial charge in [-0.15, -0.1) is 0 Å². The Kier molecular flexibility index (Phi) is 7.38. The van der Waals surface area contributed by atoms with Gasteiger partial charge in [-0.3, -0.25) is 4.68 Å². The van der Waals surface area contributed by atoms with E-state index in [1.54, 1.807) is 0 Å². The Labute approximate surface area is 233 Å². The number of ether oxygens (including phenoxy) is 3. The number of carbonyl (C=O) groups is 1. The van der Waals surface area contributed by atoms with Gasteiger partial charge in [0.2, 0.25) is 0 Å². The van der Waals surface area contributed by atoms with Crippen LogP contribution in [0.2, 0.25) is 0 Å². The van der Waals surface area contributed by atoms with E-state index < -0.39 is 0 Å². The standard InChI is InChI=1S/C33H33N3O4/c1-3-39-33(37)32-26(16-10-20-40-30-17-8-12-23-11-4-5-13-24(23)30)25-14-9-15-27-28-21-34-35(2)29(28)22-38-19-7-6-18-36(32)31(25)27/h4-9,11-15,17,21H,3,10,16,18-20,22H2,1-2H3. The lowest BCUT2D eigenvalue weighted by molar-refractivity contribution is 0.0513. The number of fused-ring (bicyclic) bond motifs is 3. The highest BCUT2D eigenvalue weighted by atomic mass is 16.5. The van der Waals surface area contributed by atoms with Gasteiger partial charge in [0.15, 0.2) is 0 Å². The number of esters is 1. The Bertz CT molecular complexity index is 1710. The summed E-state index contributed by atoms with van der Waals surface area (Å²) in [6.07, 6.45) is 7.38. The van der Waals surface area contributed by atoms with Crippen molar-refractivity contribution in [3.8, 4) is 16.9 Å². The third kappa shape index (κ3) is 4.77. The summed E-state index contributed by atoms with van der Waals surface area (Å²) in [5.41, 5.74) is 5.64. The van der Waals surface area contributed by atoms with Crippen LogP contribution in [0.1, 0.15) is 35.1 Å². The molecular formula is C33H33N3O4. The fourth-order valence-corrected chi connectivity index (χ4v) is 5.65. The Morgan fingerprint density at radius 2 is 1.82 bits per heavy atom. The van der Waals surface area contributed by atoms with Crippen LogP contribution in [0.25, 0.3) is 32.8 Å². The zero-order valence-electron chi connectivity index (χ0n) is 22.9. The first-order valence-electron chi connectivity index (χ1n) is 13.8. The number of hydrogen-bond acceptors (Lipinski definition) is 5. The van der Waals surface area contributed by atoms with Gasteiger partial charge in [0.05, 0.1) is 43.8 Å². The van der Waals surface area contributed by atoms with E-state index in [1.807, 2.05) is 55.2 Å². The Hall–Kier alpha value is -4.36. The molecule has 7 heteroatoms. The quantitative estimate of drug-likeness (QED) is 0.136. The van der Waals surface area contributed by atoms with Crippen LogP contribution in [0.5, 0.6) is 5.75 Å². The molecule has 204 valence electrons. The summed E-state index contributed by atoms with van der Waals surface area (Å²) in [6.45, 7) is 4.16. The van der Waals surface area contributed by atoms with E-state index in [2.05, 4.69) is 52.1 Å². The molecule has 3 heterocycles. The highest BCUT2D eigenvalue weighted by molar-refractivity contribution is 6.04. The van der Waals surface area contributed by atoms with Crippen molar-refractivity contribution < 1.29 is 19.0 Å². The predicted molar refractivity (Wildman–Crippen MR) is 157 cm³/mol. The maximum atomic E-state index is 13.5. The molecule has 1 aliphatic rings. The summed E-state index contributed by atoms with van der Waals surface area (Å²) in [6, 6.07) is 20.6. The Morgan fingerprint density at radius 1 is 1.00 bits per heavy atom. The zero-order chi connectivity index (χ0) is 27.5. The normalized spacial score (nSPS) is 13.2. The molecule has 0 amide bonds. The molecule has 0 N–H and O–H groups in total. The third-order valence-corrected chi connectivity index (χ3v) is 7.49. The van der Waals surface area contributed by atoms with Crippen LogP contribution in [-0.4, -0.2) is 40.1 Å². The van der Waals surface area contributed by atoms with Crippen molar-refractivity contribution in [1.29, 1.82) is 0 Å². The van der Waals surface area contributed by atoms with E-state index in [0.29, 0.717) is 45.1 Å². The molecule has 0 saturated heterocycles. The highest BCUT2D eigenvalue weighted by Crippen LogP contribution is 2.37. The lowest BCUT2D eigenvalue weighted by Gasteiger charge is -2.12. The molecule has 5 aromatic rings. The fourth-order valence-electron chi connectivity index (χ4n) is 5.65. The molecule has 0 fully saturated rings. The third-order valence-electron chi connectivity index (χ3n) is 7.49. The maximum absolute atomic E-state index is 13.5. The number of rotatable bonds is 7. The average Bonchev–Trinajstić information content (AvgIpc) is 3.49. The molecule has 6 rings (SSSR count). The monoisotopic (exact) mass is 535 g/mol. The number of aryl methyl sites for hydroxylation is 2. The molecule has 0 radical (unpaired) electrons. The van der Waals surface area contributed by atoms with Crippen molar-refractivity contribution in [2.75, 3.05) is 19.8 Å². The summed E-state index contributed by atoms with van der Waals surface area (Å²) in [5.74, 6) is 0.569. The number of aromatic nitrogens is 3. The van der Waals surface area contributed by atoms with Crippen LogP contribution >= 0.6 is 0 Å². The molecule has 0 spiro atoms. The second-order valence-corrected chi connectivity index (χ2v) is 9.90. The van der Waals surface area contributed by atoms with Crippen molar-refractivity contribution in [2.24, 2.45) is 7.05 Å². The van der Waals surface area contributed by atoms with Crippen LogP contribution in [0.15, 0.2) is 79.0 Å². The van der Waals surface area contributed by atoms with Gasteiger partial charge in [-0.2, -0.15) is 5.10 Å². The molecule has 7 nitrogen and oxygen atoms in total. The predicted octanol–water partition coefficient (Wildman–Crippen LogP) is 6.47. The average molecular weight is 536 g/mol. The topological polar surface area (TPSA) is 67.5 Å². The Balaban J connectivity index is 1.40. The summed E-state index contributed by atoms with van der Waals surface area (Å²) < 4.78 is 21.7. The van der Waals surface area contributed by atoms with E-state index >= 15 is 0 Å². The number of allylic oxidation sites excluding steroid dienone is 1. The number of benzene rings is 3. The van der Waals surface area contributed by atoms with Gasteiger partial charge in [0.1, 0.15) is 11.4 Å². The van der Waals surface area contributed by atoms with Crippen molar-refractivity contribution >= 4 is 27.6 Å². The van der Waals surface area contributed by atoms with E-state index in [9.17, 15) is 4.79 Å². The molecule has 0 aliphatic carbocycles. The zero-order valence-corrected chi connectivity index (χ0v) is 22.9. The van der Waals surface area contributed by atoms with Crippen molar-refractivity contribution in [3.63, 3.8) is 0 Å². The number of nitrogens with zero attached hydrogens (tertiary/aromatic N) is 3. The lowest BCUT2D eigenvalue weighted by Crippen LogP contribution is -2.14. The van der Waals surface area contributed by atoms with E-state index in [-0.39, 0.29) is 5.97 Å². The molecule has 1 aliphatic heterocycles. The Morgan fingerprint density at radius 3 is 2.73 bits per heavy atom. The van der Waals surface area contributed by atoms with Crippen molar-refractivity contribution in [3.05, 3.63) is 96.0 Å². The van der Waals surface area contributed by atoms with Crippen LogP contribution in [-0.2, 0) is 36.1 Å². The molecule has 0 saturated carbocycles. The molecule has 0 bridgehead atoms. The number of carbonyl (C=O) groups excluding carboxylic acids is 1. The SMILES string of the molecule is CCOC(=O)c1c(CCCOc2cccc3ccccc23)c2cccc3c2n1CC=CCOCc1c-3cnn1C. The molecule has 0 atom stereocenters. The number of para-hydroxylation sites is 1. The van der Waals surface area contributed by atoms with Gasteiger partial charge in [0, 0.05) is 35.5 Å². The van der Waals surface area contributed by atoms with Crippen LogP contribution in [0, 0.1) is 0 Å². The van der Waals surface area contributed by atoms with E-state index in [4.69, 9.17) is 14.2 Å². The lowest BCUT2D eigenvalue weighted by atomic mass is 10.00. The van der Waals surface area contributed by atoms with Crippen LogP contribution in [0.4, 0.5) is 0 Å². The highest BCUT2D eigenvalue weighted by Gasteiger charge is 2.26. The summed E-state index contributed by atoms with van der Waals surface area (Å²) in [4.78, 5) is 13.5. The van der Waals surface area contributed by atoms with E-state index in [0.717, 1.165) is 56.2 Å². The smallest absolute Gasteiger partial charge is 0.355 e. The first-order chi connectivity index (χ1) is 19.7. The summed E-state index contributed by atoms with van der Waals surface area (Å²) in [5, 5.41) is 7.84. The molecule has 2 aromatic heterocycles. The molecule has 40 heavy (non-hydrogen) atoms. The van der Waals surface area contributed by atoms with Gasteiger partial charge in [-0.05, 0) is 36.8 Å². The van der Waals surface area contributed by atoms with Crippen LogP contribution < -0.4 is 4.74 Å².